The highest BCUT2D eigenvalue weighted by Gasteiger charge is 2.43. The summed E-state index contributed by atoms with van der Waals surface area (Å²) >= 11 is 0. The molecule has 1 heterocycles. The molecular weight excluding hydrogens is 276 g/mol. The van der Waals surface area contributed by atoms with Crippen LogP contribution in [0.2, 0.25) is 0 Å². The van der Waals surface area contributed by atoms with E-state index >= 15 is 0 Å². The summed E-state index contributed by atoms with van der Waals surface area (Å²) in [5.41, 5.74) is 0. The Labute approximate surface area is 110 Å². The molecule has 108 valence electrons. The molecule has 0 radical (unpaired) electrons. The van der Waals surface area contributed by atoms with Gasteiger partial charge in [0.05, 0.1) is 10.00 Å². The van der Waals surface area contributed by atoms with Crippen molar-refractivity contribution in [3.63, 3.8) is 0 Å². The second-order valence-electron chi connectivity index (χ2n) is 5.72. The molecule has 8 heteroatoms. The standard InChI is InChI=1S/C10H22N2O4S2/c1-10(2,3)17(13,14)9-6-7-12(8-9)18(15,16)11(4)5/h9H,6-8H2,1-5H3. The van der Waals surface area contributed by atoms with Gasteiger partial charge in [-0.1, -0.05) is 0 Å². The van der Waals surface area contributed by atoms with Crippen molar-refractivity contribution in [3.8, 4) is 0 Å². The normalized spacial score (nSPS) is 23.8. The zero-order valence-corrected chi connectivity index (χ0v) is 13.2. The van der Waals surface area contributed by atoms with Gasteiger partial charge in [0, 0.05) is 27.2 Å². The topological polar surface area (TPSA) is 74.8 Å². The number of hydrogen-bond acceptors (Lipinski definition) is 4. The lowest BCUT2D eigenvalue weighted by Gasteiger charge is -2.25. The van der Waals surface area contributed by atoms with E-state index in [2.05, 4.69) is 0 Å². The van der Waals surface area contributed by atoms with E-state index in [1.165, 1.54) is 18.4 Å². The van der Waals surface area contributed by atoms with Gasteiger partial charge in [-0.25, -0.2) is 8.42 Å². The number of hydrogen-bond donors (Lipinski definition) is 0. The lowest BCUT2D eigenvalue weighted by molar-refractivity contribution is 0.421. The SMILES string of the molecule is CN(C)S(=O)(=O)N1CCC(S(=O)(=O)C(C)(C)C)C1. The van der Waals surface area contributed by atoms with Crippen LogP contribution in [0.1, 0.15) is 27.2 Å². The van der Waals surface area contributed by atoms with Crippen LogP contribution < -0.4 is 0 Å². The van der Waals surface area contributed by atoms with Crippen LogP contribution >= 0.6 is 0 Å². The Morgan fingerprint density at radius 2 is 1.61 bits per heavy atom. The quantitative estimate of drug-likeness (QED) is 0.739. The third-order valence-corrected chi connectivity index (χ3v) is 8.06. The first-order valence-corrected chi connectivity index (χ1v) is 8.76. The molecule has 0 bridgehead atoms. The highest BCUT2D eigenvalue weighted by atomic mass is 32.2. The maximum atomic E-state index is 12.3. The maximum Gasteiger partial charge on any atom is 0.281 e. The Morgan fingerprint density at radius 1 is 1.11 bits per heavy atom. The van der Waals surface area contributed by atoms with Gasteiger partial charge in [0.25, 0.3) is 10.2 Å². The predicted octanol–water partition coefficient (Wildman–Crippen LogP) is 0.0804. The lowest BCUT2D eigenvalue weighted by Crippen LogP contribution is -2.42. The average molecular weight is 298 g/mol. The second kappa shape index (κ2) is 4.73. The molecule has 1 atom stereocenters. The maximum absolute atomic E-state index is 12.3. The fraction of sp³-hybridized carbons (Fsp3) is 1.00. The first-order valence-electron chi connectivity index (χ1n) is 5.82. The molecule has 18 heavy (non-hydrogen) atoms. The van der Waals surface area contributed by atoms with E-state index in [1.807, 2.05) is 0 Å². The minimum Gasteiger partial charge on any atom is -0.228 e. The van der Waals surface area contributed by atoms with Gasteiger partial charge in [0.2, 0.25) is 0 Å². The van der Waals surface area contributed by atoms with Gasteiger partial charge in [0.1, 0.15) is 0 Å². The summed E-state index contributed by atoms with van der Waals surface area (Å²) in [4.78, 5) is 0. The monoisotopic (exact) mass is 298 g/mol. The van der Waals surface area contributed by atoms with Crippen LogP contribution in [0.4, 0.5) is 0 Å². The van der Waals surface area contributed by atoms with Crippen molar-refractivity contribution in [1.82, 2.24) is 8.61 Å². The molecule has 1 fully saturated rings. The van der Waals surface area contributed by atoms with Crippen LogP contribution in [-0.4, -0.2) is 62.6 Å². The number of sulfone groups is 1. The van der Waals surface area contributed by atoms with Crippen LogP contribution in [-0.2, 0) is 20.0 Å². The molecule has 0 aromatic rings. The van der Waals surface area contributed by atoms with Crippen LogP contribution in [0.15, 0.2) is 0 Å². The molecule has 1 aliphatic heterocycles. The molecule has 1 aliphatic rings. The highest BCUT2D eigenvalue weighted by molar-refractivity contribution is 7.93. The van der Waals surface area contributed by atoms with Crippen molar-refractivity contribution in [2.75, 3.05) is 27.2 Å². The Hall–Kier alpha value is -0.180. The van der Waals surface area contributed by atoms with Crippen molar-refractivity contribution >= 4 is 20.0 Å². The third-order valence-electron chi connectivity index (χ3n) is 3.19. The van der Waals surface area contributed by atoms with E-state index in [0.717, 1.165) is 4.31 Å². The highest BCUT2D eigenvalue weighted by Crippen LogP contribution is 2.28. The van der Waals surface area contributed by atoms with E-state index in [-0.39, 0.29) is 13.1 Å². The molecule has 1 saturated heterocycles. The summed E-state index contributed by atoms with van der Waals surface area (Å²) in [6, 6.07) is 0. The Bertz CT molecular complexity index is 502. The molecule has 0 aromatic carbocycles. The smallest absolute Gasteiger partial charge is 0.228 e. The summed E-state index contributed by atoms with van der Waals surface area (Å²) in [7, 11) is -3.94. The Balaban J connectivity index is 2.93. The fourth-order valence-electron chi connectivity index (χ4n) is 1.89. The third kappa shape index (κ3) is 2.71. The average Bonchev–Trinajstić information content (AvgIpc) is 2.64. The van der Waals surface area contributed by atoms with Crippen LogP contribution in [0.5, 0.6) is 0 Å². The van der Waals surface area contributed by atoms with Gasteiger partial charge >= 0.3 is 0 Å². The van der Waals surface area contributed by atoms with Gasteiger partial charge in [-0.3, -0.25) is 0 Å². The summed E-state index contributed by atoms with van der Waals surface area (Å²) in [6.07, 6.45) is 0.368. The zero-order valence-electron chi connectivity index (χ0n) is 11.5. The van der Waals surface area contributed by atoms with Gasteiger partial charge in [-0.15, -0.1) is 0 Å². The molecule has 0 amide bonds. The van der Waals surface area contributed by atoms with Gasteiger partial charge < -0.3 is 0 Å². The molecule has 0 aromatic heterocycles. The zero-order chi connectivity index (χ0) is 14.4. The van der Waals surface area contributed by atoms with Crippen molar-refractivity contribution in [1.29, 1.82) is 0 Å². The first kappa shape index (κ1) is 15.9. The van der Waals surface area contributed by atoms with Crippen molar-refractivity contribution < 1.29 is 16.8 Å². The number of nitrogens with zero attached hydrogens (tertiary/aromatic N) is 2. The van der Waals surface area contributed by atoms with E-state index < -0.39 is 30.0 Å². The van der Waals surface area contributed by atoms with Crippen LogP contribution in [0, 0.1) is 0 Å². The molecule has 6 nitrogen and oxygen atoms in total. The Kier molecular flexibility index (Phi) is 4.18. The van der Waals surface area contributed by atoms with E-state index in [9.17, 15) is 16.8 Å². The molecule has 0 N–H and O–H groups in total. The largest absolute Gasteiger partial charge is 0.281 e. The molecule has 1 rings (SSSR count). The van der Waals surface area contributed by atoms with Crippen molar-refractivity contribution in [3.05, 3.63) is 0 Å². The van der Waals surface area contributed by atoms with Gasteiger partial charge in [-0.2, -0.15) is 17.0 Å². The molecule has 1 unspecified atom stereocenters. The summed E-state index contributed by atoms with van der Waals surface area (Å²) in [5.74, 6) is 0. The fourth-order valence-corrected chi connectivity index (χ4v) is 4.94. The molecule has 0 saturated carbocycles. The van der Waals surface area contributed by atoms with Gasteiger partial charge in [0.15, 0.2) is 9.84 Å². The molecule has 0 aliphatic carbocycles. The number of rotatable bonds is 3. The summed E-state index contributed by atoms with van der Waals surface area (Å²) in [6.45, 7) is 5.25. The summed E-state index contributed by atoms with van der Waals surface area (Å²) < 4.78 is 49.8. The van der Waals surface area contributed by atoms with Crippen LogP contribution in [0.3, 0.4) is 0 Å². The second-order valence-corrected chi connectivity index (χ2v) is 10.8. The van der Waals surface area contributed by atoms with E-state index in [4.69, 9.17) is 0 Å². The predicted molar refractivity (Wildman–Crippen MR) is 71.3 cm³/mol. The molecule has 0 spiro atoms. The van der Waals surface area contributed by atoms with Gasteiger partial charge in [-0.05, 0) is 27.2 Å². The van der Waals surface area contributed by atoms with E-state index in [1.54, 1.807) is 20.8 Å². The van der Waals surface area contributed by atoms with Crippen molar-refractivity contribution in [2.24, 2.45) is 0 Å². The Morgan fingerprint density at radius 3 is 2.00 bits per heavy atom. The lowest BCUT2D eigenvalue weighted by atomic mass is 10.3. The summed E-state index contributed by atoms with van der Waals surface area (Å²) in [5, 5.41) is -0.604. The molecular formula is C10H22N2O4S2. The minimum atomic E-state index is -3.51. The van der Waals surface area contributed by atoms with E-state index in [0.29, 0.717) is 6.42 Å². The van der Waals surface area contributed by atoms with Crippen molar-refractivity contribution in [2.45, 2.75) is 37.2 Å². The minimum absolute atomic E-state index is 0.0557. The first-order chi connectivity index (χ1) is 7.90. The van der Waals surface area contributed by atoms with Crippen LogP contribution in [0.25, 0.3) is 0 Å².